The monoisotopic (exact) mass is 380 g/mol. The molecule has 2 aromatic carbocycles. The maximum Gasteiger partial charge on any atom is 0.251 e. The van der Waals surface area contributed by atoms with E-state index in [4.69, 9.17) is 13.9 Å². The van der Waals surface area contributed by atoms with E-state index in [2.05, 4.69) is 10.3 Å². The minimum Gasteiger partial charge on any atom is -0.493 e. The van der Waals surface area contributed by atoms with Crippen LogP contribution >= 0.6 is 0 Å². The fourth-order valence-electron chi connectivity index (χ4n) is 2.92. The quantitative estimate of drug-likeness (QED) is 0.566. The lowest BCUT2D eigenvalue weighted by molar-refractivity contribution is 0.0953. The topological polar surface area (TPSA) is 73.6 Å². The number of ether oxygens (including phenoxy) is 2. The van der Waals surface area contributed by atoms with Gasteiger partial charge in [-0.05, 0) is 48.2 Å². The molecule has 1 heterocycles. The van der Waals surface area contributed by atoms with E-state index in [0.29, 0.717) is 23.6 Å². The number of nitrogens with zero attached hydrogens (tertiary/aromatic N) is 1. The standard InChI is InChI=1S/C22H24N2O4/c1-26-20-11-10-18(13-21(20)27-2)16-6-8-17(9-7-16)22(25)24-12-4-3-5-19-14-23-15-28-19/h6-11,13-15H,3-5,12H2,1-2H3,(H,24,25). The first kappa shape index (κ1) is 19.5. The Morgan fingerprint density at radius 1 is 1.00 bits per heavy atom. The molecule has 0 unspecified atom stereocenters. The number of unbranched alkanes of at least 4 members (excludes halogenated alkanes) is 1. The molecule has 6 nitrogen and oxygen atoms in total. The number of hydrogen-bond acceptors (Lipinski definition) is 5. The number of aryl methyl sites for hydroxylation is 1. The van der Waals surface area contributed by atoms with E-state index in [1.807, 2.05) is 42.5 Å². The van der Waals surface area contributed by atoms with E-state index < -0.39 is 0 Å². The van der Waals surface area contributed by atoms with Gasteiger partial charge in [-0.1, -0.05) is 18.2 Å². The fraction of sp³-hybridized carbons (Fsp3) is 0.273. The van der Waals surface area contributed by atoms with E-state index in [1.165, 1.54) is 6.39 Å². The second-order valence-corrected chi connectivity index (χ2v) is 6.33. The molecular formula is C22H24N2O4. The van der Waals surface area contributed by atoms with Crippen molar-refractivity contribution in [2.45, 2.75) is 19.3 Å². The Bertz CT molecular complexity index is 889. The van der Waals surface area contributed by atoms with Gasteiger partial charge in [0.05, 0.1) is 20.4 Å². The predicted octanol–water partition coefficient (Wildman–Crippen LogP) is 4.11. The average Bonchev–Trinajstić information content (AvgIpc) is 3.26. The van der Waals surface area contributed by atoms with Crippen molar-refractivity contribution in [3.8, 4) is 22.6 Å². The third-order valence-corrected chi connectivity index (χ3v) is 4.48. The molecule has 0 bridgehead atoms. The Morgan fingerprint density at radius 3 is 2.43 bits per heavy atom. The van der Waals surface area contributed by atoms with Crippen LogP contribution in [-0.4, -0.2) is 31.7 Å². The zero-order valence-electron chi connectivity index (χ0n) is 16.1. The van der Waals surface area contributed by atoms with Crippen molar-refractivity contribution in [3.05, 3.63) is 66.4 Å². The molecule has 0 saturated carbocycles. The summed E-state index contributed by atoms with van der Waals surface area (Å²) in [7, 11) is 3.22. The maximum absolute atomic E-state index is 12.3. The molecule has 28 heavy (non-hydrogen) atoms. The van der Waals surface area contributed by atoms with Gasteiger partial charge in [-0.3, -0.25) is 4.79 Å². The van der Waals surface area contributed by atoms with Gasteiger partial charge in [0.25, 0.3) is 5.91 Å². The number of carbonyl (C=O) groups excluding carboxylic acids is 1. The first-order valence-electron chi connectivity index (χ1n) is 9.19. The van der Waals surface area contributed by atoms with Crippen molar-refractivity contribution in [3.63, 3.8) is 0 Å². The number of oxazole rings is 1. The van der Waals surface area contributed by atoms with Gasteiger partial charge in [0.15, 0.2) is 17.9 Å². The van der Waals surface area contributed by atoms with Crippen LogP contribution in [0, 0.1) is 0 Å². The largest absolute Gasteiger partial charge is 0.493 e. The van der Waals surface area contributed by atoms with Crippen molar-refractivity contribution in [2.75, 3.05) is 20.8 Å². The van der Waals surface area contributed by atoms with Crippen molar-refractivity contribution in [2.24, 2.45) is 0 Å². The fourth-order valence-corrected chi connectivity index (χ4v) is 2.92. The summed E-state index contributed by atoms with van der Waals surface area (Å²) < 4.78 is 15.8. The van der Waals surface area contributed by atoms with Crippen LogP contribution in [0.4, 0.5) is 0 Å². The van der Waals surface area contributed by atoms with Crippen molar-refractivity contribution < 1.29 is 18.7 Å². The van der Waals surface area contributed by atoms with Crippen LogP contribution in [0.3, 0.4) is 0 Å². The number of methoxy groups -OCH3 is 2. The van der Waals surface area contributed by atoms with Crippen LogP contribution in [0.5, 0.6) is 11.5 Å². The molecule has 1 N–H and O–H groups in total. The maximum atomic E-state index is 12.3. The minimum absolute atomic E-state index is 0.0708. The summed E-state index contributed by atoms with van der Waals surface area (Å²) in [6, 6.07) is 13.3. The molecule has 0 aliphatic carbocycles. The smallest absolute Gasteiger partial charge is 0.251 e. The molecule has 0 aliphatic rings. The lowest BCUT2D eigenvalue weighted by Crippen LogP contribution is -2.24. The van der Waals surface area contributed by atoms with Crippen LogP contribution in [0.15, 0.2) is 59.5 Å². The molecule has 0 saturated heterocycles. The number of benzene rings is 2. The summed E-state index contributed by atoms with van der Waals surface area (Å²) in [5.74, 6) is 2.16. The highest BCUT2D eigenvalue weighted by Gasteiger charge is 2.08. The lowest BCUT2D eigenvalue weighted by Gasteiger charge is -2.10. The number of amides is 1. The second-order valence-electron chi connectivity index (χ2n) is 6.33. The SMILES string of the molecule is COc1ccc(-c2ccc(C(=O)NCCCCc3cnco3)cc2)cc1OC. The first-order chi connectivity index (χ1) is 13.7. The molecule has 6 heteroatoms. The van der Waals surface area contributed by atoms with Crippen LogP contribution < -0.4 is 14.8 Å². The van der Waals surface area contributed by atoms with E-state index in [9.17, 15) is 4.79 Å². The van der Waals surface area contributed by atoms with Gasteiger partial charge in [-0.25, -0.2) is 4.98 Å². The average molecular weight is 380 g/mol. The predicted molar refractivity (Wildman–Crippen MR) is 107 cm³/mol. The van der Waals surface area contributed by atoms with Crippen LogP contribution in [0.25, 0.3) is 11.1 Å². The summed E-state index contributed by atoms with van der Waals surface area (Å²) in [5, 5.41) is 2.95. The number of rotatable bonds is 9. The van der Waals surface area contributed by atoms with Gasteiger partial charge >= 0.3 is 0 Å². The molecule has 3 rings (SSSR count). The van der Waals surface area contributed by atoms with Crippen molar-refractivity contribution >= 4 is 5.91 Å². The Kier molecular flexibility index (Phi) is 6.68. The van der Waals surface area contributed by atoms with Crippen LogP contribution in [0.1, 0.15) is 29.0 Å². The lowest BCUT2D eigenvalue weighted by atomic mass is 10.0. The van der Waals surface area contributed by atoms with Gasteiger partial charge in [-0.15, -0.1) is 0 Å². The van der Waals surface area contributed by atoms with Gasteiger partial charge in [0.2, 0.25) is 0 Å². The van der Waals surface area contributed by atoms with Gasteiger partial charge in [-0.2, -0.15) is 0 Å². The van der Waals surface area contributed by atoms with Crippen molar-refractivity contribution in [1.29, 1.82) is 0 Å². The van der Waals surface area contributed by atoms with Crippen LogP contribution in [0.2, 0.25) is 0 Å². The number of hydrogen-bond donors (Lipinski definition) is 1. The second kappa shape index (κ2) is 9.60. The normalized spacial score (nSPS) is 10.5. The van der Waals surface area contributed by atoms with Gasteiger partial charge < -0.3 is 19.2 Å². The molecule has 3 aromatic rings. The zero-order chi connectivity index (χ0) is 19.8. The molecule has 0 fully saturated rings. The van der Waals surface area contributed by atoms with Crippen molar-refractivity contribution in [1.82, 2.24) is 10.3 Å². The van der Waals surface area contributed by atoms with E-state index in [0.717, 1.165) is 36.1 Å². The van der Waals surface area contributed by atoms with E-state index in [-0.39, 0.29) is 5.91 Å². The third kappa shape index (κ3) is 4.91. The number of nitrogens with one attached hydrogen (secondary N) is 1. The zero-order valence-corrected chi connectivity index (χ0v) is 16.1. The highest BCUT2D eigenvalue weighted by atomic mass is 16.5. The van der Waals surface area contributed by atoms with E-state index in [1.54, 1.807) is 20.4 Å². The highest BCUT2D eigenvalue weighted by Crippen LogP contribution is 2.32. The van der Waals surface area contributed by atoms with Gasteiger partial charge in [0.1, 0.15) is 5.76 Å². The molecule has 146 valence electrons. The summed E-state index contributed by atoms with van der Waals surface area (Å²) in [4.78, 5) is 16.2. The Hall–Kier alpha value is -3.28. The van der Waals surface area contributed by atoms with E-state index >= 15 is 0 Å². The minimum atomic E-state index is -0.0708. The summed E-state index contributed by atoms with van der Waals surface area (Å²) in [6.07, 6.45) is 5.81. The Balaban J connectivity index is 1.52. The molecule has 0 spiro atoms. The molecule has 1 aromatic heterocycles. The van der Waals surface area contributed by atoms with Crippen LogP contribution in [-0.2, 0) is 6.42 Å². The molecule has 0 radical (unpaired) electrons. The third-order valence-electron chi connectivity index (χ3n) is 4.48. The Labute approximate surface area is 164 Å². The number of carbonyl (C=O) groups is 1. The molecular weight excluding hydrogens is 356 g/mol. The summed E-state index contributed by atoms with van der Waals surface area (Å²) in [5.41, 5.74) is 2.64. The highest BCUT2D eigenvalue weighted by molar-refractivity contribution is 5.94. The summed E-state index contributed by atoms with van der Waals surface area (Å²) >= 11 is 0. The number of aromatic nitrogens is 1. The summed E-state index contributed by atoms with van der Waals surface area (Å²) in [6.45, 7) is 0.629. The first-order valence-corrected chi connectivity index (χ1v) is 9.19. The molecule has 1 amide bonds. The molecule has 0 atom stereocenters. The Morgan fingerprint density at radius 2 is 1.75 bits per heavy atom. The molecule has 0 aliphatic heterocycles. The van der Waals surface area contributed by atoms with Gasteiger partial charge in [0, 0.05) is 18.5 Å².